The molecule has 0 aliphatic heterocycles. The average molecular weight is 309 g/mol. The first kappa shape index (κ1) is 15.6. The van der Waals surface area contributed by atoms with Crippen molar-refractivity contribution in [3.05, 3.63) is 47.5 Å². The average Bonchev–Trinajstić information content (AvgIpc) is 2.93. The minimum atomic E-state index is -3.42. The third-order valence-corrected chi connectivity index (χ3v) is 4.40. The Balaban J connectivity index is 1.98. The molecule has 1 aromatic heterocycles. The lowest BCUT2D eigenvalue weighted by Gasteiger charge is -2.08. The van der Waals surface area contributed by atoms with Gasteiger partial charge in [0, 0.05) is 13.1 Å². The third-order valence-electron chi connectivity index (χ3n) is 3.10. The summed E-state index contributed by atoms with van der Waals surface area (Å²) in [5.74, 6) is 0.525. The van der Waals surface area contributed by atoms with E-state index >= 15 is 0 Å². The van der Waals surface area contributed by atoms with Crippen molar-refractivity contribution < 1.29 is 8.42 Å². The minimum absolute atomic E-state index is 0.0713. The van der Waals surface area contributed by atoms with E-state index in [0.29, 0.717) is 18.9 Å². The SMILES string of the molecule is CCn1cnnc1CNS(=O)(=O)Cc1ccc(CN)cc1. The van der Waals surface area contributed by atoms with Gasteiger partial charge in [-0.15, -0.1) is 10.2 Å². The van der Waals surface area contributed by atoms with E-state index in [2.05, 4.69) is 14.9 Å². The number of hydrogen-bond donors (Lipinski definition) is 2. The molecule has 0 saturated carbocycles. The number of benzene rings is 1. The lowest BCUT2D eigenvalue weighted by molar-refractivity contribution is 0.574. The van der Waals surface area contributed by atoms with Crippen LogP contribution in [0.15, 0.2) is 30.6 Å². The quantitative estimate of drug-likeness (QED) is 0.769. The van der Waals surface area contributed by atoms with Crippen LogP contribution in [0.25, 0.3) is 0 Å². The Hall–Kier alpha value is -1.77. The maximum Gasteiger partial charge on any atom is 0.216 e. The second-order valence-electron chi connectivity index (χ2n) is 4.63. The molecule has 0 radical (unpaired) electrons. The summed E-state index contributed by atoms with van der Waals surface area (Å²) in [6.45, 7) is 3.22. The molecular weight excluding hydrogens is 290 g/mol. The Kier molecular flexibility index (Phi) is 5.05. The van der Waals surface area contributed by atoms with Gasteiger partial charge < -0.3 is 10.3 Å². The van der Waals surface area contributed by atoms with E-state index in [0.717, 1.165) is 11.1 Å². The number of nitrogens with one attached hydrogen (secondary N) is 1. The van der Waals surface area contributed by atoms with Crippen LogP contribution >= 0.6 is 0 Å². The smallest absolute Gasteiger partial charge is 0.216 e. The predicted molar refractivity (Wildman–Crippen MR) is 79.5 cm³/mol. The molecule has 0 aliphatic rings. The summed E-state index contributed by atoms with van der Waals surface area (Å²) in [5.41, 5.74) is 7.20. The van der Waals surface area contributed by atoms with Crippen molar-refractivity contribution in [3.63, 3.8) is 0 Å². The maximum absolute atomic E-state index is 12.1. The van der Waals surface area contributed by atoms with Crippen LogP contribution < -0.4 is 10.5 Å². The van der Waals surface area contributed by atoms with Crippen molar-refractivity contribution >= 4 is 10.0 Å². The molecule has 0 spiro atoms. The summed E-state index contributed by atoms with van der Waals surface area (Å²) in [7, 11) is -3.42. The second kappa shape index (κ2) is 6.79. The van der Waals surface area contributed by atoms with Gasteiger partial charge in [0.2, 0.25) is 10.0 Å². The highest BCUT2D eigenvalue weighted by Gasteiger charge is 2.13. The molecule has 1 heterocycles. The van der Waals surface area contributed by atoms with Crippen molar-refractivity contribution in [3.8, 4) is 0 Å². The van der Waals surface area contributed by atoms with Crippen LogP contribution in [0.3, 0.4) is 0 Å². The van der Waals surface area contributed by atoms with Gasteiger partial charge in [-0.05, 0) is 18.1 Å². The van der Waals surface area contributed by atoms with Crippen LogP contribution in [-0.2, 0) is 35.4 Å². The number of aromatic nitrogens is 3. The second-order valence-corrected chi connectivity index (χ2v) is 6.44. The van der Waals surface area contributed by atoms with Crippen molar-refractivity contribution in [2.24, 2.45) is 5.73 Å². The van der Waals surface area contributed by atoms with Crippen LogP contribution in [0.5, 0.6) is 0 Å². The first-order valence-electron chi connectivity index (χ1n) is 6.66. The molecule has 0 aliphatic carbocycles. The molecule has 8 heteroatoms. The Morgan fingerprint density at radius 1 is 1.24 bits per heavy atom. The fraction of sp³-hybridized carbons (Fsp3) is 0.385. The minimum Gasteiger partial charge on any atom is -0.326 e. The lowest BCUT2D eigenvalue weighted by atomic mass is 10.1. The molecule has 0 fully saturated rings. The highest BCUT2D eigenvalue weighted by Crippen LogP contribution is 2.08. The molecule has 0 bridgehead atoms. The van der Waals surface area contributed by atoms with Crippen LogP contribution in [-0.4, -0.2) is 23.2 Å². The van der Waals surface area contributed by atoms with Crippen molar-refractivity contribution in [1.82, 2.24) is 19.5 Å². The molecule has 0 atom stereocenters. The van der Waals surface area contributed by atoms with Gasteiger partial charge >= 0.3 is 0 Å². The van der Waals surface area contributed by atoms with Gasteiger partial charge in [-0.1, -0.05) is 24.3 Å². The lowest BCUT2D eigenvalue weighted by Crippen LogP contribution is -2.26. The molecule has 114 valence electrons. The van der Waals surface area contributed by atoms with Gasteiger partial charge in [0.05, 0.1) is 12.3 Å². The third kappa shape index (κ3) is 4.35. The zero-order valence-electron chi connectivity index (χ0n) is 11.9. The van der Waals surface area contributed by atoms with E-state index in [9.17, 15) is 8.42 Å². The molecule has 1 aromatic carbocycles. The summed E-state index contributed by atoms with van der Waals surface area (Å²) in [6.07, 6.45) is 1.58. The Morgan fingerprint density at radius 3 is 2.52 bits per heavy atom. The van der Waals surface area contributed by atoms with Gasteiger partial charge in [-0.25, -0.2) is 13.1 Å². The molecule has 7 nitrogen and oxygen atoms in total. The normalized spacial score (nSPS) is 11.7. The van der Waals surface area contributed by atoms with E-state index in [1.807, 2.05) is 19.1 Å². The zero-order chi connectivity index (χ0) is 15.3. The van der Waals surface area contributed by atoms with E-state index in [4.69, 9.17) is 5.73 Å². The number of sulfonamides is 1. The summed E-state index contributed by atoms with van der Waals surface area (Å²) < 4.78 is 28.4. The standard InChI is InChI=1S/C13H19N5O2S/c1-2-18-10-15-17-13(18)8-16-21(19,20)9-12-5-3-11(7-14)4-6-12/h3-6,10,16H,2,7-9,14H2,1H3. The predicted octanol–water partition coefficient (Wildman–Crippen LogP) is 0.376. The molecule has 2 aromatic rings. The fourth-order valence-corrected chi connectivity index (χ4v) is 2.98. The van der Waals surface area contributed by atoms with Gasteiger partial charge in [0.15, 0.2) is 0 Å². The van der Waals surface area contributed by atoms with Gasteiger partial charge in [-0.3, -0.25) is 0 Å². The molecule has 21 heavy (non-hydrogen) atoms. The zero-order valence-corrected chi connectivity index (χ0v) is 12.7. The first-order chi connectivity index (χ1) is 10.0. The largest absolute Gasteiger partial charge is 0.326 e. The number of aryl methyl sites for hydroxylation is 1. The van der Waals surface area contributed by atoms with Gasteiger partial charge in [0.25, 0.3) is 0 Å². The highest BCUT2D eigenvalue weighted by atomic mass is 32.2. The van der Waals surface area contributed by atoms with Crippen molar-refractivity contribution in [2.75, 3.05) is 0 Å². The number of nitrogens with zero attached hydrogens (tertiary/aromatic N) is 3. The number of hydrogen-bond acceptors (Lipinski definition) is 5. The summed E-state index contributed by atoms with van der Waals surface area (Å²) in [4.78, 5) is 0. The first-order valence-corrected chi connectivity index (χ1v) is 8.31. The summed E-state index contributed by atoms with van der Waals surface area (Å²) in [5, 5.41) is 7.65. The van der Waals surface area contributed by atoms with Gasteiger partial charge in [-0.2, -0.15) is 0 Å². The van der Waals surface area contributed by atoms with Crippen LogP contribution in [0.1, 0.15) is 23.9 Å². The van der Waals surface area contributed by atoms with Crippen LogP contribution in [0.4, 0.5) is 0 Å². The number of nitrogens with two attached hydrogens (primary N) is 1. The fourth-order valence-electron chi connectivity index (χ4n) is 1.90. The van der Waals surface area contributed by atoms with E-state index < -0.39 is 10.0 Å². The number of rotatable bonds is 7. The molecule has 0 saturated heterocycles. The summed E-state index contributed by atoms with van der Waals surface area (Å²) >= 11 is 0. The molecular formula is C13H19N5O2S. The molecule has 3 N–H and O–H groups in total. The topological polar surface area (TPSA) is 103 Å². The van der Waals surface area contributed by atoms with Crippen LogP contribution in [0, 0.1) is 0 Å². The van der Waals surface area contributed by atoms with Crippen molar-refractivity contribution in [2.45, 2.75) is 32.3 Å². The molecule has 0 unspecified atom stereocenters. The Labute approximate surface area is 124 Å². The van der Waals surface area contributed by atoms with Crippen molar-refractivity contribution in [1.29, 1.82) is 0 Å². The Bertz CT molecular complexity index is 679. The highest BCUT2D eigenvalue weighted by molar-refractivity contribution is 7.88. The summed E-state index contributed by atoms with van der Waals surface area (Å²) in [6, 6.07) is 7.21. The van der Waals surface area contributed by atoms with E-state index in [1.165, 1.54) is 0 Å². The maximum atomic E-state index is 12.1. The molecule has 2 rings (SSSR count). The van der Waals surface area contributed by atoms with E-state index in [1.54, 1.807) is 23.0 Å². The Morgan fingerprint density at radius 2 is 1.90 bits per heavy atom. The van der Waals surface area contributed by atoms with Crippen LogP contribution in [0.2, 0.25) is 0 Å². The molecule has 0 amide bonds. The van der Waals surface area contributed by atoms with E-state index in [-0.39, 0.29) is 12.3 Å². The van der Waals surface area contributed by atoms with Gasteiger partial charge in [0.1, 0.15) is 12.2 Å². The monoisotopic (exact) mass is 309 g/mol.